The number of nitrogens with one attached hydrogen (secondary N) is 1. The summed E-state index contributed by atoms with van der Waals surface area (Å²) in [6, 6.07) is 2.89. The molecule has 0 amide bonds. The van der Waals surface area contributed by atoms with Gasteiger partial charge in [0.2, 0.25) is 0 Å². The number of rotatable bonds is 6. The van der Waals surface area contributed by atoms with Gasteiger partial charge in [0.15, 0.2) is 11.6 Å². The molecular formula is C21H15FN6O2. The van der Waals surface area contributed by atoms with Crippen molar-refractivity contribution in [2.75, 3.05) is 0 Å². The van der Waals surface area contributed by atoms with Crippen molar-refractivity contribution in [1.29, 1.82) is 5.26 Å². The van der Waals surface area contributed by atoms with Gasteiger partial charge < -0.3 is 14.7 Å². The van der Waals surface area contributed by atoms with Crippen LogP contribution in [0.3, 0.4) is 0 Å². The molecule has 4 aromatic heterocycles. The third-order valence-corrected chi connectivity index (χ3v) is 4.89. The van der Waals surface area contributed by atoms with E-state index in [4.69, 9.17) is 5.26 Å². The topological polar surface area (TPSA) is 120 Å². The molecule has 2 atom stereocenters. The maximum absolute atomic E-state index is 14.5. The fraction of sp³-hybridized carbons (Fsp3) is 0.0952. The molecule has 0 aliphatic rings. The number of fused-ring (bicyclic) bond motifs is 2. The number of nitrogens with zero attached hydrogens (tertiary/aromatic N) is 5. The Morgan fingerprint density at radius 1 is 1.30 bits per heavy atom. The van der Waals surface area contributed by atoms with E-state index in [2.05, 4.69) is 33.1 Å². The highest BCUT2D eigenvalue weighted by Gasteiger charge is 2.27. The normalized spacial score (nSPS) is 13.1. The second kappa shape index (κ2) is 7.25. The van der Waals surface area contributed by atoms with Crippen LogP contribution in [0.5, 0.6) is 0 Å². The SMILES string of the molecule is C=C[C@H]([C@@H](C=C)C(=O)O)n1cc(F)c2cnc(-c3c[nH]c4ncc(C#N)cc34)nc21. The predicted octanol–water partition coefficient (Wildman–Crippen LogP) is 3.60. The molecular weight excluding hydrogens is 387 g/mol. The molecule has 0 unspecified atom stereocenters. The van der Waals surface area contributed by atoms with Crippen molar-refractivity contribution in [1.82, 2.24) is 24.5 Å². The zero-order valence-corrected chi connectivity index (χ0v) is 15.6. The van der Waals surface area contributed by atoms with Crippen molar-refractivity contribution in [2.45, 2.75) is 6.04 Å². The van der Waals surface area contributed by atoms with Crippen LogP contribution in [0.25, 0.3) is 33.5 Å². The maximum atomic E-state index is 14.5. The second-order valence-electron chi connectivity index (χ2n) is 6.58. The largest absolute Gasteiger partial charge is 0.481 e. The maximum Gasteiger partial charge on any atom is 0.312 e. The van der Waals surface area contributed by atoms with Gasteiger partial charge in [-0.15, -0.1) is 13.2 Å². The molecule has 148 valence electrons. The molecule has 30 heavy (non-hydrogen) atoms. The number of carboxylic acid groups (broad SMARTS) is 1. The molecule has 2 N–H and O–H groups in total. The van der Waals surface area contributed by atoms with Gasteiger partial charge in [-0.2, -0.15) is 5.26 Å². The summed E-state index contributed by atoms with van der Waals surface area (Å²) in [6.45, 7) is 7.26. The molecule has 0 fully saturated rings. The number of nitriles is 1. The van der Waals surface area contributed by atoms with Crippen LogP contribution in [0.2, 0.25) is 0 Å². The van der Waals surface area contributed by atoms with E-state index in [1.54, 1.807) is 12.3 Å². The summed E-state index contributed by atoms with van der Waals surface area (Å²) in [6.07, 6.45) is 8.31. The lowest BCUT2D eigenvalue weighted by atomic mass is 10.00. The van der Waals surface area contributed by atoms with Gasteiger partial charge in [-0.25, -0.2) is 19.3 Å². The molecule has 4 heterocycles. The number of carboxylic acids is 1. The summed E-state index contributed by atoms with van der Waals surface area (Å²) < 4.78 is 16.0. The highest BCUT2D eigenvalue weighted by Crippen LogP contribution is 2.31. The molecule has 4 aromatic rings. The fourth-order valence-electron chi connectivity index (χ4n) is 3.42. The molecule has 0 saturated heterocycles. The van der Waals surface area contributed by atoms with Crippen LogP contribution in [0.4, 0.5) is 4.39 Å². The minimum atomic E-state index is -1.11. The van der Waals surface area contributed by atoms with Crippen LogP contribution in [0, 0.1) is 23.1 Å². The molecule has 0 spiro atoms. The number of aliphatic carboxylic acids is 1. The molecule has 0 aliphatic carbocycles. The van der Waals surface area contributed by atoms with Gasteiger partial charge in [0.25, 0.3) is 0 Å². The van der Waals surface area contributed by atoms with E-state index in [1.807, 2.05) is 6.07 Å². The molecule has 4 rings (SSSR count). The van der Waals surface area contributed by atoms with Gasteiger partial charge in [0.05, 0.1) is 22.9 Å². The lowest BCUT2D eigenvalue weighted by Gasteiger charge is -2.20. The number of halogens is 1. The molecule has 0 bridgehead atoms. The van der Waals surface area contributed by atoms with Crippen molar-refractivity contribution in [3.63, 3.8) is 0 Å². The smallest absolute Gasteiger partial charge is 0.312 e. The fourth-order valence-corrected chi connectivity index (χ4v) is 3.42. The summed E-state index contributed by atoms with van der Waals surface area (Å²) in [5.74, 6) is -2.44. The van der Waals surface area contributed by atoms with E-state index < -0.39 is 23.7 Å². The summed E-state index contributed by atoms with van der Waals surface area (Å²) in [4.78, 5) is 27.5. The number of aromatic amines is 1. The van der Waals surface area contributed by atoms with E-state index in [9.17, 15) is 14.3 Å². The zero-order valence-electron chi connectivity index (χ0n) is 15.6. The van der Waals surface area contributed by atoms with E-state index in [-0.39, 0.29) is 16.9 Å². The van der Waals surface area contributed by atoms with Crippen molar-refractivity contribution in [2.24, 2.45) is 5.92 Å². The summed E-state index contributed by atoms with van der Waals surface area (Å²) in [5.41, 5.74) is 1.73. The number of aromatic nitrogens is 5. The number of allylic oxidation sites excluding steroid dienone is 1. The molecule has 0 saturated carbocycles. The average Bonchev–Trinajstić information content (AvgIpc) is 3.31. The minimum Gasteiger partial charge on any atom is -0.481 e. The Bertz CT molecular complexity index is 1360. The van der Waals surface area contributed by atoms with E-state index >= 15 is 0 Å². The van der Waals surface area contributed by atoms with Gasteiger partial charge in [-0.1, -0.05) is 12.2 Å². The predicted molar refractivity (Wildman–Crippen MR) is 108 cm³/mol. The first-order chi connectivity index (χ1) is 14.5. The summed E-state index contributed by atoms with van der Waals surface area (Å²) in [7, 11) is 0. The number of pyridine rings is 1. The van der Waals surface area contributed by atoms with Gasteiger partial charge in [0, 0.05) is 35.7 Å². The standard InChI is InChI=1S/C21H15FN6O2/c1-3-12(21(29)30)17(4-2)28-10-16(22)15-9-26-19(27-20(15)28)14-8-25-18-13(14)5-11(6-23)7-24-18/h3-5,7-10,12,17H,1-2H2,(H,24,25)(H,29,30)/t12-,17-/m1/s1. The van der Waals surface area contributed by atoms with E-state index in [0.29, 0.717) is 22.2 Å². The first-order valence-corrected chi connectivity index (χ1v) is 8.87. The average molecular weight is 402 g/mol. The summed E-state index contributed by atoms with van der Waals surface area (Å²) in [5, 5.41) is 19.4. The zero-order chi connectivity index (χ0) is 21.4. The first kappa shape index (κ1) is 19.0. The number of hydrogen-bond donors (Lipinski definition) is 2. The third kappa shape index (κ3) is 2.91. The molecule has 8 nitrogen and oxygen atoms in total. The van der Waals surface area contributed by atoms with Crippen LogP contribution >= 0.6 is 0 Å². The summed E-state index contributed by atoms with van der Waals surface area (Å²) >= 11 is 0. The Morgan fingerprint density at radius 2 is 2.10 bits per heavy atom. The molecule has 0 radical (unpaired) electrons. The van der Waals surface area contributed by atoms with Crippen molar-refractivity contribution in [3.05, 3.63) is 67.5 Å². The second-order valence-corrected chi connectivity index (χ2v) is 6.58. The lowest BCUT2D eigenvalue weighted by Crippen LogP contribution is -2.23. The molecule has 0 aromatic carbocycles. The van der Waals surface area contributed by atoms with Gasteiger partial charge in [-0.3, -0.25) is 4.79 Å². The van der Waals surface area contributed by atoms with E-state index in [0.717, 1.165) is 0 Å². The Kier molecular flexibility index (Phi) is 4.60. The van der Waals surface area contributed by atoms with Crippen molar-refractivity contribution >= 4 is 28.0 Å². The van der Waals surface area contributed by atoms with E-state index in [1.165, 1.54) is 35.3 Å². The molecule has 9 heteroatoms. The minimum absolute atomic E-state index is 0.148. The monoisotopic (exact) mass is 402 g/mol. The van der Waals surface area contributed by atoms with Gasteiger partial charge >= 0.3 is 5.97 Å². The quantitative estimate of drug-likeness (QED) is 0.476. The lowest BCUT2D eigenvalue weighted by molar-refractivity contribution is -0.140. The Morgan fingerprint density at radius 3 is 2.77 bits per heavy atom. The van der Waals surface area contributed by atoms with Gasteiger partial charge in [-0.05, 0) is 6.07 Å². The number of H-pyrrole nitrogens is 1. The first-order valence-electron chi connectivity index (χ1n) is 8.87. The highest BCUT2D eigenvalue weighted by atomic mass is 19.1. The van der Waals surface area contributed by atoms with Crippen LogP contribution in [-0.2, 0) is 4.79 Å². The number of hydrogen-bond acceptors (Lipinski definition) is 5. The number of carbonyl (C=O) groups is 1. The molecule has 0 aliphatic heterocycles. The van der Waals surface area contributed by atoms with Crippen LogP contribution in [-0.4, -0.2) is 35.6 Å². The van der Waals surface area contributed by atoms with Crippen molar-refractivity contribution in [3.8, 4) is 17.5 Å². The third-order valence-electron chi connectivity index (χ3n) is 4.89. The highest BCUT2D eigenvalue weighted by molar-refractivity contribution is 5.93. The Hall–Kier alpha value is -4.32. The van der Waals surface area contributed by atoms with Crippen LogP contribution < -0.4 is 0 Å². The van der Waals surface area contributed by atoms with Crippen LogP contribution in [0.1, 0.15) is 11.6 Å². The van der Waals surface area contributed by atoms with Crippen LogP contribution in [0.15, 0.2) is 56.2 Å². The Labute approximate surface area is 169 Å². The van der Waals surface area contributed by atoms with Gasteiger partial charge in [0.1, 0.15) is 17.4 Å². The van der Waals surface area contributed by atoms with Crippen molar-refractivity contribution < 1.29 is 14.3 Å². The Balaban J connectivity index is 1.92.